The van der Waals surface area contributed by atoms with E-state index in [-0.39, 0.29) is 0 Å². The lowest BCUT2D eigenvalue weighted by molar-refractivity contribution is 1.50. The summed E-state index contributed by atoms with van der Waals surface area (Å²) >= 11 is 0. The molecule has 0 radical (unpaired) electrons. The van der Waals surface area contributed by atoms with Gasteiger partial charge in [0.15, 0.2) is 0 Å². The summed E-state index contributed by atoms with van der Waals surface area (Å²) in [7, 11) is 0. The summed E-state index contributed by atoms with van der Waals surface area (Å²) in [6.45, 7) is 9.79. The number of rotatable bonds is 2. The van der Waals surface area contributed by atoms with E-state index in [0.717, 1.165) is 0 Å². The van der Waals surface area contributed by atoms with Gasteiger partial charge >= 0.3 is 0 Å². The van der Waals surface area contributed by atoms with Crippen molar-refractivity contribution >= 4 is 22.9 Å². The topological polar surface area (TPSA) is 0 Å². The van der Waals surface area contributed by atoms with E-state index in [9.17, 15) is 0 Å². The van der Waals surface area contributed by atoms with E-state index in [1.807, 2.05) is 39.0 Å². The molecule has 0 saturated carbocycles. The molecule has 0 aliphatic rings. The lowest BCUT2D eigenvalue weighted by Crippen LogP contribution is -2.23. The van der Waals surface area contributed by atoms with Gasteiger partial charge in [0.05, 0.1) is 0 Å². The third kappa shape index (κ3) is 3.96. The maximum absolute atomic E-state index is 3.77. The Balaban J connectivity index is 0.000000861. The van der Waals surface area contributed by atoms with Gasteiger partial charge in [0.1, 0.15) is 0 Å². The molecule has 0 heterocycles. The number of fused-ring (bicyclic) bond motifs is 1. The molecule has 0 aliphatic carbocycles. The minimum atomic E-state index is 1.21. The molecule has 0 atom stereocenters. The number of allylic oxidation sites excluding steroid dienone is 3. The number of hydrogen-bond donors (Lipinski definition) is 0. The summed E-state index contributed by atoms with van der Waals surface area (Å²) in [6.07, 6.45) is 10.1. The normalized spacial score (nSPS) is 12.6. The van der Waals surface area contributed by atoms with Gasteiger partial charge in [0, 0.05) is 0 Å². The molecule has 0 unspecified atom stereocenters. The summed E-state index contributed by atoms with van der Waals surface area (Å²) < 4.78 is 0. The molecule has 0 aliphatic heterocycles. The van der Waals surface area contributed by atoms with Crippen molar-refractivity contribution in [3.8, 4) is 0 Å². The predicted molar refractivity (Wildman–Crippen MR) is 88.5 cm³/mol. The molecule has 19 heavy (non-hydrogen) atoms. The van der Waals surface area contributed by atoms with Crippen LogP contribution < -0.4 is 10.4 Å². The zero-order chi connectivity index (χ0) is 14.1. The molecule has 0 aromatic heterocycles. The van der Waals surface area contributed by atoms with E-state index in [0.29, 0.717) is 0 Å². The smallest absolute Gasteiger partial charge is 0.0178 e. The van der Waals surface area contributed by atoms with Crippen LogP contribution in [-0.4, -0.2) is 0 Å². The minimum absolute atomic E-state index is 1.21. The van der Waals surface area contributed by atoms with Gasteiger partial charge in [0.2, 0.25) is 0 Å². The van der Waals surface area contributed by atoms with Gasteiger partial charge in [-0.25, -0.2) is 0 Å². The fourth-order valence-electron chi connectivity index (χ4n) is 1.89. The van der Waals surface area contributed by atoms with Crippen molar-refractivity contribution < 1.29 is 0 Å². The molecule has 2 aromatic rings. The molecule has 98 valence electrons. The quantitative estimate of drug-likeness (QED) is 0.749. The van der Waals surface area contributed by atoms with Gasteiger partial charge in [-0.2, -0.15) is 0 Å². The fraction of sp³-hybridized carbons (Fsp3) is 0.158. The molecular formula is C19H22. The highest BCUT2D eigenvalue weighted by molar-refractivity contribution is 5.83. The Labute approximate surface area is 116 Å². The maximum atomic E-state index is 3.77. The lowest BCUT2D eigenvalue weighted by Gasteiger charge is -1.98. The van der Waals surface area contributed by atoms with Crippen molar-refractivity contribution in [1.29, 1.82) is 0 Å². The first-order valence-electron chi connectivity index (χ1n) is 6.79. The SMILES string of the molecule is C=C/C=c1/cc2ccccc2c/c1=C/C=C\C.CC. The first kappa shape index (κ1) is 15.0. The average Bonchev–Trinajstić information content (AvgIpc) is 2.47. The Hall–Kier alpha value is -2.08. The van der Waals surface area contributed by atoms with Gasteiger partial charge < -0.3 is 0 Å². The molecule has 0 fully saturated rings. The van der Waals surface area contributed by atoms with E-state index in [1.165, 1.54) is 21.2 Å². The van der Waals surface area contributed by atoms with Crippen LogP contribution in [-0.2, 0) is 0 Å². The van der Waals surface area contributed by atoms with Crippen LogP contribution in [0, 0.1) is 0 Å². The third-order valence-electron chi connectivity index (χ3n) is 2.72. The van der Waals surface area contributed by atoms with Gasteiger partial charge in [0.25, 0.3) is 0 Å². The maximum Gasteiger partial charge on any atom is -0.0178 e. The minimum Gasteiger partial charge on any atom is -0.0990 e. The first-order chi connectivity index (χ1) is 9.35. The third-order valence-corrected chi connectivity index (χ3v) is 2.72. The molecule has 0 heteroatoms. The van der Waals surface area contributed by atoms with Crippen molar-refractivity contribution in [3.05, 3.63) is 71.6 Å². The van der Waals surface area contributed by atoms with E-state index < -0.39 is 0 Å². The van der Waals surface area contributed by atoms with Crippen molar-refractivity contribution in [3.63, 3.8) is 0 Å². The fourth-order valence-corrected chi connectivity index (χ4v) is 1.89. The largest absolute Gasteiger partial charge is 0.0990 e. The van der Waals surface area contributed by atoms with Gasteiger partial charge in [-0.1, -0.05) is 75.1 Å². The highest BCUT2D eigenvalue weighted by atomic mass is 14.0. The van der Waals surface area contributed by atoms with E-state index in [1.54, 1.807) is 0 Å². The second-order valence-electron chi connectivity index (χ2n) is 3.92. The predicted octanol–water partition coefficient (Wildman–Crippen LogP) is 4.19. The van der Waals surface area contributed by atoms with Crippen molar-refractivity contribution in [2.75, 3.05) is 0 Å². The number of benzene rings is 2. The summed E-state index contributed by atoms with van der Waals surface area (Å²) in [4.78, 5) is 0. The second-order valence-corrected chi connectivity index (χ2v) is 3.92. The van der Waals surface area contributed by atoms with Crippen molar-refractivity contribution in [1.82, 2.24) is 0 Å². The Morgan fingerprint density at radius 2 is 1.42 bits per heavy atom. The Kier molecular flexibility index (Phi) is 6.38. The molecule has 0 spiro atoms. The standard InChI is InChI=1S/C17H16.C2H6/c1-3-5-9-15-13-17-11-7-6-10-16(17)12-14(15)8-4-2;1-2/h3-13H,2H2,1H3;1-2H3/b5-3-,14-8-,15-9-;. The number of hydrogen-bond acceptors (Lipinski definition) is 0. The Morgan fingerprint density at radius 1 is 0.895 bits per heavy atom. The zero-order valence-electron chi connectivity index (χ0n) is 12.1. The van der Waals surface area contributed by atoms with Crippen LogP contribution in [0.4, 0.5) is 0 Å². The van der Waals surface area contributed by atoms with Crippen LogP contribution in [0.5, 0.6) is 0 Å². The van der Waals surface area contributed by atoms with Crippen LogP contribution in [0.25, 0.3) is 22.9 Å². The van der Waals surface area contributed by atoms with Gasteiger partial charge in [-0.3, -0.25) is 0 Å². The molecule has 0 nitrogen and oxygen atoms in total. The van der Waals surface area contributed by atoms with Gasteiger partial charge in [-0.15, -0.1) is 0 Å². The highest BCUT2D eigenvalue weighted by Gasteiger charge is 1.92. The first-order valence-corrected chi connectivity index (χ1v) is 6.79. The summed E-state index contributed by atoms with van der Waals surface area (Å²) in [5, 5.41) is 4.96. The molecule has 0 saturated heterocycles. The average molecular weight is 250 g/mol. The van der Waals surface area contributed by atoms with E-state index in [4.69, 9.17) is 0 Å². The summed E-state index contributed by atoms with van der Waals surface area (Å²) in [6, 6.07) is 12.8. The van der Waals surface area contributed by atoms with E-state index in [2.05, 4.69) is 55.1 Å². The van der Waals surface area contributed by atoms with Crippen molar-refractivity contribution in [2.45, 2.75) is 20.8 Å². The molecule has 0 bridgehead atoms. The monoisotopic (exact) mass is 250 g/mol. The van der Waals surface area contributed by atoms with Crippen LogP contribution >= 0.6 is 0 Å². The van der Waals surface area contributed by atoms with Gasteiger partial charge in [-0.05, 0) is 40.3 Å². The Bertz CT molecular complexity index is 673. The van der Waals surface area contributed by atoms with Crippen LogP contribution in [0.2, 0.25) is 0 Å². The second kappa shape index (κ2) is 8.10. The Morgan fingerprint density at radius 3 is 1.89 bits per heavy atom. The van der Waals surface area contributed by atoms with Crippen molar-refractivity contribution in [2.24, 2.45) is 0 Å². The summed E-state index contributed by atoms with van der Waals surface area (Å²) in [5.41, 5.74) is 0. The van der Waals surface area contributed by atoms with Crippen LogP contribution in [0.1, 0.15) is 20.8 Å². The summed E-state index contributed by atoms with van der Waals surface area (Å²) in [5.74, 6) is 0. The molecular weight excluding hydrogens is 228 g/mol. The zero-order valence-corrected chi connectivity index (χ0v) is 12.1. The molecule has 0 amide bonds. The highest BCUT2D eigenvalue weighted by Crippen LogP contribution is 2.08. The van der Waals surface area contributed by atoms with Crippen LogP contribution in [0.3, 0.4) is 0 Å². The molecule has 2 aromatic carbocycles. The molecule has 2 rings (SSSR count). The molecule has 0 N–H and O–H groups in total. The van der Waals surface area contributed by atoms with E-state index >= 15 is 0 Å². The van der Waals surface area contributed by atoms with Crippen LogP contribution in [0.15, 0.2) is 61.2 Å². The lowest BCUT2D eigenvalue weighted by atomic mass is 10.1.